The van der Waals surface area contributed by atoms with Crippen molar-refractivity contribution in [3.63, 3.8) is 0 Å². The Morgan fingerprint density at radius 3 is 2.90 bits per heavy atom. The van der Waals surface area contributed by atoms with Crippen LogP contribution in [0.5, 0.6) is 5.75 Å². The number of ether oxygens (including phenoxy) is 1. The van der Waals surface area contributed by atoms with Gasteiger partial charge in [-0.05, 0) is 38.3 Å². The number of amides is 1. The van der Waals surface area contributed by atoms with Crippen molar-refractivity contribution in [2.75, 3.05) is 13.7 Å². The van der Waals surface area contributed by atoms with Crippen LogP contribution in [-0.4, -0.2) is 36.5 Å². The van der Waals surface area contributed by atoms with Crippen LogP contribution in [0, 0.1) is 0 Å². The first kappa shape index (κ1) is 15.6. The number of piperidine rings is 1. The number of carbonyl (C=O) groups excluding carboxylic acids is 1. The Morgan fingerprint density at radius 1 is 1.43 bits per heavy atom. The molecule has 1 aromatic rings. The number of benzene rings is 1. The van der Waals surface area contributed by atoms with Crippen LogP contribution in [-0.2, 0) is 4.79 Å². The Morgan fingerprint density at radius 2 is 2.19 bits per heavy atom. The lowest BCUT2D eigenvalue weighted by molar-refractivity contribution is -0.129. The molecule has 4 nitrogen and oxygen atoms in total. The number of methoxy groups -OCH3 is 1. The van der Waals surface area contributed by atoms with Gasteiger partial charge in [0.1, 0.15) is 5.75 Å². The normalized spacial score (nSPS) is 20.5. The van der Waals surface area contributed by atoms with Gasteiger partial charge in [0, 0.05) is 30.3 Å². The van der Waals surface area contributed by atoms with Crippen molar-refractivity contribution in [3.05, 3.63) is 35.9 Å². The van der Waals surface area contributed by atoms with E-state index < -0.39 is 0 Å². The fourth-order valence-electron chi connectivity index (χ4n) is 2.84. The number of nitrogens with zero attached hydrogens (tertiary/aromatic N) is 1. The van der Waals surface area contributed by atoms with Gasteiger partial charge in [0.15, 0.2) is 0 Å². The number of nitrogens with two attached hydrogens (primary N) is 1. The maximum Gasteiger partial charge on any atom is 0.246 e. The van der Waals surface area contributed by atoms with E-state index >= 15 is 0 Å². The highest BCUT2D eigenvalue weighted by molar-refractivity contribution is 5.92. The van der Waals surface area contributed by atoms with E-state index in [0.717, 1.165) is 37.1 Å². The van der Waals surface area contributed by atoms with Gasteiger partial charge >= 0.3 is 0 Å². The maximum absolute atomic E-state index is 12.4. The zero-order valence-corrected chi connectivity index (χ0v) is 12.8. The van der Waals surface area contributed by atoms with Crippen molar-refractivity contribution in [3.8, 4) is 5.75 Å². The molecule has 0 saturated carbocycles. The molecule has 0 spiro atoms. The first-order chi connectivity index (χ1) is 10.1. The van der Waals surface area contributed by atoms with Gasteiger partial charge in [-0.15, -0.1) is 0 Å². The molecule has 0 radical (unpaired) electrons. The Hall–Kier alpha value is -1.81. The molecule has 4 heteroatoms. The van der Waals surface area contributed by atoms with Crippen LogP contribution in [0.15, 0.2) is 30.3 Å². The molecule has 114 valence electrons. The molecule has 2 atom stereocenters. The number of para-hydroxylation sites is 1. The lowest BCUT2D eigenvalue weighted by Crippen LogP contribution is -2.51. The average molecular weight is 288 g/mol. The smallest absolute Gasteiger partial charge is 0.246 e. The molecule has 1 aromatic carbocycles. The molecule has 1 aliphatic rings. The largest absolute Gasteiger partial charge is 0.496 e. The molecular weight excluding hydrogens is 264 g/mol. The lowest BCUT2D eigenvalue weighted by Gasteiger charge is -2.37. The van der Waals surface area contributed by atoms with Crippen LogP contribution in [0.1, 0.15) is 31.7 Å². The third-order valence-corrected chi connectivity index (χ3v) is 3.98. The summed E-state index contributed by atoms with van der Waals surface area (Å²) in [6, 6.07) is 7.81. The number of carbonyl (C=O) groups is 1. The van der Waals surface area contributed by atoms with Gasteiger partial charge in [-0.3, -0.25) is 4.79 Å². The Balaban J connectivity index is 2.10. The summed E-state index contributed by atoms with van der Waals surface area (Å²) in [6.45, 7) is 2.77. The minimum Gasteiger partial charge on any atom is -0.496 e. The summed E-state index contributed by atoms with van der Waals surface area (Å²) in [6.07, 6.45) is 6.63. The molecule has 1 aliphatic heterocycles. The number of likely N-dealkylation sites (tertiary alicyclic amines) is 1. The molecule has 21 heavy (non-hydrogen) atoms. The summed E-state index contributed by atoms with van der Waals surface area (Å²) in [5.41, 5.74) is 6.92. The number of hydrogen-bond acceptors (Lipinski definition) is 3. The third kappa shape index (κ3) is 3.85. The molecule has 1 heterocycles. The number of hydrogen-bond donors (Lipinski definition) is 1. The van der Waals surface area contributed by atoms with Crippen molar-refractivity contribution in [2.24, 2.45) is 5.73 Å². The highest BCUT2D eigenvalue weighted by atomic mass is 16.5. The predicted octanol–water partition coefficient (Wildman–Crippen LogP) is 2.44. The Bertz CT molecular complexity index is 511. The zero-order valence-electron chi connectivity index (χ0n) is 12.8. The van der Waals surface area contributed by atoms with E-state index in [1.165, 1.54) is 0 Å². The van der Waals surface area contributed by atoms with Gasteiger partial charge < -0.3 is 15.4 Å². The summed E-state index contributed by atoms with van der Waals surface area (Å²) < 4.78 is 5.29. The second-order valence-electron chi connectivity index (χ2n) is 5.53. The van der Waals surface area contributed by atoms with E-state index in [1.54, 1.807) is 13.2 Å². The first-order valence-electron chi connectivity index (χ1n) is 7.50. The van der Waals surface area contributed by atoms with Gasteiger partial charge in [0.2, 0.25) is 5.91 Å². The molecule has 1 amide bonds. The molecule has 2 rings (SSSR count). The Kier molecular flexibility index (Phi) is 5.39. The monoisotopic (exact) mass is 288 g/mol. The van der Waals surface area contributed by atoms with Crippen LogP contribution in [0.25, 0.3) is 6.08 Å². The summed E-state index contributed by atoms with van der Waals surface area (Å²) in [5.74, 6) is 0.798. The van der Waals surface area contributed by atoms with Crippen molar-refractivity contribution < 1.29 is 9.53 Å². The van der Waals surface area contributed by atoms with E-state index in [-0.39, 0.29) is 18.0 Å². The molecule has 0 aromatic heterocycles. The van der Waals surface area contributed by atoms with Crippen molar-refractivity contribution in [1.29, 1.82) is 0 Å². The molecule has 0 aliphatic carbocycles. The zero-order chi connectivity index (χ0) is 15.2. The van der Waals surface area contributed by atoms with Crippen LogP contribution in [0.2, 0.25) is 0 Å². The van der Waals surface area contributed by atoms with E-state index in [1.807, 2.05) is 42.2 Å². The fraction of sp³-hybridized carbons (Fsp3) is 0.471. The van der Waals surface area contributed by atoms with Crippen LogP contribution in [0.4, 0.5) is 0 Å². The van der Waals surface area contributed by atoms with Gasteiger partial charge in [0.25, 0.3) is 0 Å². The van der Waals surface area contributed by atoms with Crippen LogP contribution >= 0.6 is 0 Å². The lowest BCUT2D eigenvalue weighted by atomic mass is 9.97. The average Bonchev–Trinajstić information content (AvgIpc) is 2.52. The summed E-state index contributed by atoms with van der Waals surface area (Å²) in [4.78, 5) is 14.3. The SMILES string of the molecule is COc1ccccc1C=CC(=O)N1CCCCC1C(C)N. The van der Waals surface area contributed by atoms with E-state index in [4.69, 9.17) is 10.5 Å². The first-order valence-corrected chi connectivity index (χ1v) is 7.50. The second-order valence-corrected chi connectivity index (χ2v) is 5.53. The second kappa shape index (κ2) is 7.27. The third-order valence-electron chi connectivity index (χ3n) is 3.98. The van der Waals surface area contributed by atoms with Gasteiger partial charge in [-0.25, -0.2) is 0 Å². The Labute approximate surface area is 126 Å². The van der Waals surface area contributed by atoms with E-state index in [2.05, 4.69) is 0 Å². The highest BCUT2D eigenvalue weighted by Gasteiger charge is 2.27. The topological polar surface area (TPSA) is 55.6 Å². The molecule has 0 bridgehead atoms. The van der Waals surface area contributed by atoms with E-state index in [9.17, 15) is 4.79 Å². The minimum absolute atomic E-state index is 0.00825. The standard InChI is InChI=1S/C17H24N2O2/c1-13(18)15-8-5-6-12-19(15)17(20)11-10-14-7-3-4-9-16(14)21-2/h3-4,7,9-11,13,15H,5-6,8,12,18H2,1-2H3. The molecule has 2 unspecified atom stereocenters. The summed E-state index contributed by atoms with van der Waals surface area (Å²) >= 11 is 0. The molecule has 2 N–H and O–H groups in total. The molecule has 1 fully saturated rings. The number of rotatable bonds is 4. The highest BCUT2D eigenvalue weighted by Crippen LogP contribution is 2.21. The van der Waals surface area contributed by atoms with Crippen LogP contribution < -0.4 is 10.5 Å². The molecular formula is C17H24N2O2. The van der Waals surface area contributed by atoms with Gasteiger partial charge in [-0.2, -0.15) is 0 Å². The minimum atomic E-state index is 0.00825. The van der Waals surface area contributed by atoms with Crippen molar-refractivity contribution >= 4 is 12.0 Å². The van der Waals surface area contributed by atoms with Gasteiger partial charge in [0.05, 0.1) is 7.11 Å². The van der Waals surface area contributed by atoms with E-state index in [0.29, 0.717) is 0 Å². The summed E-state index contributed by atoms with van der Waals surface area (Å²) in [5, 5.41) is 0. The maximum atomic E-state index is 12.4. The van der Waals surface area contributed by atoms with Crippen molar-refractivity contribution in [1.82, 2.24) is 4.90 Å². The fourth-order valence-corrected chi connectivity index (χ4v) is 2.84. The predicted molar refractivity (Wildman–Crippen MR) is 85.0 cm³/mol. The quantitative estimate of drug-likeness (QED) is 0.866. The van der Waals surface area contributed by atoms with Gasteiger partial charge in [-0.1, -0.05) is 18.2 Å². The molecule has 1 saturated heterocycles. The summed E-state index contributed by atoms with van der Waals surface area (Å²) in [7, 11) is 1.63. The van der Waals surface area contributed by atoms with Crippen LogP contribution in [0.3, 0.4) is 0 Å². The van der Waals surface area contributed by atoms with Crippen molar-refractivity contribution in [2.45, 2.75) is 38.3 Å².